The minimum absolute atomic E-state index is 0.0533. The Morgan fingerprint density at radius 2 is 1.96 bits per heavy atom. The first-order valence-electron chi connectivity index (χ1n) is 10.0. The smallest absolute Gasteiger partial charge is 0.232 e. The summed E-state index contributed by atoms with van der Waals surface area (Å²) in [6, 6.07) is 7.51. The number of benzene rings is 1. The number of carbonyl (C=O) groups is 1. The van der Waals surface area contributed by atoms with E-state index < -0.39 is 5.41 Å². The van der Waals surface area contributed by atoms with Crippen LogP contribution in [-0.4, -0.2) is 48.9 Å². The van der Waals surface area contributed by atoms with Gasteiger partial charge >= 0.3 is 0 Å². The van der Waals surface area contributed by atoms with Crippen molar-refractivity contribution >= 4 is 5.91 Å². The normalized spacial score (nSPS) is 16.4. The molecule has 7 heteroatoms. The molecular formula is C21H27N3O4. The number of hydrogen-bond acceptors (Lipinski definition) is 6. The summed E-state index contributed by atoms with van der Waals surface area (Å²) >= 11 is 0. The topological polar surface area (TPSA) is 76.8 Å². The molecule has 28 heavy (non-hydrogen) atoms. The molecule has 1 fully saturated rings. The van der Waals surface area contributed by atoms with Crippen LogP contribution in [0.3, 0.4) is 0 Å². The fourth-order valence-corrected chi connectivity index (χ4v) is 3.62. The highest BCUT2D eigenvalue weighted by molar-refractivity contribution is 5.91. The van der Waals surface area contributed by atoms with Gasteiger partial charge in [0.1, 0.15) is 0 Å². The van der Waals surface area contributed by atoms with E-state index in [0.717, 1.165) is 50.2 Å². The maximum Gasteiger partial charge on any atom is 0.232 e. The molecule has 0 radical (unpaired) electrons. The summed E-state index contributed by atoms with van der Waals surface area (Å²) in [7, 11) is 0. The molecule has 1 aromatic carbocycles. The lowest BCUT2D eigenvalue weighted by atomic mass is 10.00. The summed E-state index contributed by atoms with van der Waals surface area (Å²) in [4.78, 5) is 15.1. The molecule has 1 aliphatic heterocycles. The third-order valence-corrected chi connectivity index (χ3v) is 5.67. The van der Waals surface area contributed by atoms with Crippen LogP contribution in [0.4, 0.5) is 0 Å². The predicted molar refractivity (Wildman–Crippen MR) is 104 cm³/mol. The van der Waals surface area contributed by atoms with Gasteiger partial charge in [-0.15, -0.1) is 0 Å². The second-order valence-electron chi connectivity index (χ2n) is 7.36. The van der Waals surface area contributed by atoms with Crippen molar-refractivity contribution in [1.82, 2.24) is 15.4 Å². The molecule has 1 amide bonds. The fraction of sp³-hybridized carbons (Fsp3) is 0.524. The Morgan fingerprint density at radius 1 is 1.18 bits per heavy atom. The van der Waals surface area contributed by atoms with Gasteiger partial charge in [-0.05, 0) is 57.1 Å². The number of nitrogens with one attached hydrogen (secondary N) is 1. The van der Waals surface area contributed by atoms with Gasteiger partial charge in [-0.25, -0.2) is 0 Å². The number of ether oxygens (including phenoxy) is 2. The molecular weight excluding hydrogens is 358 g/mol. The maximum atomic E-state index is 12.8. The second-order valence-corrected chi connectivity index (χ2v) is 7.36. The quantitative estimate of drug-likeness (QED) is 0.669. The van der Waals surface area contributed by atoms with E-state index in [9.17, 15) is 4.79 Å². The van der Waals surface area contributed by atoms with Crippen LogP contribution in [0.5, 0.6) is 11.5 Å². The minimum Gasteiger partial charge on any atom is -0.454 e. The number of hydrogen-bond donors (Lipinski definition) is 1. The lowest BCUT2D eigenvalue weighted by molar-refractivity contribution is -0.123. The highest BCUT2D eigenvalue weighted by Gasteiger charge is 2.53. The fourth-order valence-electron chi connectivity index (χ4n) is 3.62. The Hall–Kier alpha value is -2.54. The molecule has 2 aromatic rings. The van der Waals surface area contributed by atoms with Crippen molar-refractivity contribution in [2.24, 2.45) is 0 Å². The standard InChI is InChI=1S/C21H27N3O4/c1-3-24(4-2)11-5-10-22-20(25)21(8-9-21)19-13-17(28-23-19)15-6-7-16-18(12-15)27-14-26-16/h6-7,12-13H,3-5,8-11,14H2,1-2H3,(H,22,25). The summed E-state index contributed by atoms with van der Waals surface area (Å²) in [5.41, 5.74) is 1.03. The average molecular weight is 385 g/mol. The predicted octanol–water partition coefficient (Wildman–Crippen LogP) is 2.95. The van der Waals surface area contributed by atoms with Crippen LogP contribution in [0.2, 0.25) is 0 Å². The van der Waals surface area contributed by atoms with E-state index in [1.54, 1.807) is 0 Å². The van der Waals surface area contributed by atoms with Gasteiger partial charge in [0.05, 0.1) is 11.1 Å². The largest absolute Gasteiger partial charge is 0.454 e. The lowest BCUT2D eigenvalue weighted by Crippen LogP contribution is -2.36. The number of rotatable bonds is 9. The number of nitrogens with zero attached hydrogens (tertiary/aromatic N) is 2. The van der Waals surface area contributed by atoms with E-state index in [2.05, 4.69) is 29.2 Å². The SMILES string of the molecule is CCN(CC)CCCNC(=O)C1(c2cc(-c3ccc4c(c3)OCO4)on2)CC1. The van der Waals surface area contributed by atoms with Crippen molar-refractivity contribution < 1.29 is 18.8 Å². The van der Waals surface area contributed by atoms with Crippen molar-refractivity contribution in [2.45, 2.75) is 38.5 Å². The molecule has 1 N–H and O–H groups in total. The number of carbonyl (C=O) groups excluding carboxylic acids is 1. The Balaban J connectivity index is 1.38. The summed E-state index contributed by atoms with van der Waals surface area (Å²) in [5.74, 6) is 2.11. The van der Waals surface area contributed by atoms with Gasteiger partial charge in [-0.1, -0.05) is 19.0 Å². The van der Waals surface area contributed by atoms with Gasteiger partial charge in [0, 0.05) is 18.2 Å². The molecule has 4 rings (SSSR count). The summed E-state index contributed by atoms with van der Waals surface area (Å²) < 4.78 is 16.3. The van der Waals surface area contributed by atoms with Crippen molar-refractivity contribution in [2.75, 3.05) is 33.0 Å². The third kappa shape index (κ3) is 3.58. The zero-order chi connectivity index (χ0) is 19.6. The summed E-state index contributed by atoms with van der Waals surface area (Å²) in [5, 5.41) is 7.29. The molecule has 1 aliphatic carbocycles. The van der Waals surface area contributed by atoms with E-state index in [-0.39, 0.29) is 12.7 Å². The molecule has 0 atom stereocenters. The average Bonchev–Trinajstić information content (AvgIpc) is 3.15. The van der Waals surface area contributed by atoms with Gasteiger partial charge in [0.15, 0.2) is 17.3 Å². The van der Waals surface area contributed by atoms with Gasteiger partial charge in [-0.2, -0.15) is 0 Å². The summed E-state index contributed by atoms with van der Waals surface area (Å²) in [6.45, 7) is 8.31. The Kier molecular flexibility index (Phi) is 5.26. The van der Waals surface area contributed by atoms with E-state index >= 15 is 0 Å². The van der Waals surface area contributed by atoms with E-state index in [1.165, 1.54) is 0 Å². The van der Waals surface area contributed by atoms with Crippen LogP contribution in [0.25, 0.3) is 11.3 Å². The first-order chi connectivity index (χ1) is 13.7. The van der Waals surface area contributed by atoms with Crippen molar-refractivity contribution in [3.63, 3.8) is 0 Å². The third-order valence-electron chi connectivity index (χ3n) is 5.67. The molecule has 2 heterocycles. The molecule has 2 aliphatic rings. The zero-order valence-corrected chi connectivity index (χ0v) is 16.5. The van der Waals surface area contributed by atoms with Crippen molar-refractivity contribution in [1.29, 1.82) is 0 Å². The number of fused-ring (bicyclic) bond motifs is 1. The minimum atomic E-state index is -0.534. The maximum absolute atomic E-state index is 12.8. The van der Waals surface area contributed by atoms with Gasteiger partial charge in [0.2, 0.25) is 12.7 Å². The Labute approximate surface area is 165 Å². The number of aromatic nitrogens is 1. The van der Waals surface area contributed by atoms with Gasteiger partial charge in [-0.3, -0.25) is 4.79 Å². The van der Waals surface area contributed by atoms with E-state index in [0.29, 0.717) is 23.7 Å². The first kappa shape index (κ1) is 18.8. The highest BCUT2D eigenvalue weighted by atomic mass is 16.7. The van der Waals surface area contributed by atoms with E-state index in [1.807, 2.05) is 24.3 Å². The van der Waals surface area contributed by atoms with Gasteiger partial charge in [0.25, 0.3) is 0 Å². The van der Waals surface area contributed by atoms with Gasteiger partial charge < -0.3 is 24.2 Å². The van der Waals surface area contributed by atoms with Crippen molar-refractivity contribution in [3.8, 4) is 22.8 Å². The second kappa shape index (κ2) is 7.83. The zero-order valence-electron chi connectivity index (χ0n) is 16.5. The highest BCUT2D eigenvalue weighted by Crippen LogP contribution is 2.49. The first-order valence-corrected chi connectivity index (χ1v) is 10.0. The lowest BCUT2D eigenvalue weighted by Gasteiger charge is -2.18. The molecule has 1 aromatic heterocycles. The molecule has 0 saturated heterocycles. The monoisotopic (exact) mass is 385 g/mol. The van der Waals surface area contributed by atoms with Crippen LogP contribution < -0.4 is 14.8 Å². The Bertz CT molecular complexity index is 840. The molecule has 150 valence electrons. The molecule has 0 bridgehead atoms. The van der Waals surface area contributed by atoms with Crippen molar-refractivity contribution in [3.05, 3.63) is 30.0 Å². The molecule has 0 unspecified atom stereocenters. The molecule has 1 saturated carbocycles. The van der Waals surface area contributed by atoms with Crippen LogP contribution in [-0.2, 0) is 10.2 Å². The van der Waals surface area contributed by atoms with Crippen LogP contribution in [0.15, 0.2) is 28.8 Å². The molecule has 0 spiro atoms. The Morgan fingerprint density at radius 3 is 2.71 bits per heavy atom. The number of amides is 1. The molecule has 7 nitrogen and oxygen atoms in total. The van der Waals surface area contributed by atoms with Crippen LogP contribution in [0, 0.1) is 0 Å². The summed E-state index contributed by atoms with van der Waals surface area (Å²) in [6.07, 6.45) is 2.56. The van der Waals surface area contributed by atoms with E-state index in [4.69, 9.17) is 14.0 Å². The van der Waals surface area contributed by atoms with Crippen LogP contribution in [0.1, 0.15) is 38.8 Å². The van der Waals surface area contributed by atoms with Crippen LogP contribution >= 0.6 is 0 Å².